The van der Waals surface area contributed by atoms with E-state index in [4.69, 9.17) is 18.9 Å². The van der Waals surface area contributed by atoms with Gasteiger partial charge in [0, 0.05) is 5.70 Å². The van der Waals surface area contributed by atoms with Gasteiger partial charge < -0.3 is 34.3 Å². The standard InChI is InChI=1S/C27H29IN4O9/c1-5-39-26(35)24-15(2)30-27(36)31-25(24)17-7-9-20(21(11-17)37-3)40-13-22(33)32-29-12-16-6-8-19(18(28)10-16)41-14-23(34)38-4/h6-12,25H,5,13-14H2,1-4H3,(H,32,33)(H2,30,31,36)/b29-12-/t25-/m1/s1. The van der Waals surface area contributed by atoms with Gasteiger partial charge in [0.05, 0.1) is 42.2 Å². The van der Waals surface area contributed by atoms with Gasteiger partial charge in [-0.3, -0.25) is 4.79 Å². The molecule has 0 spiro atoms. The molecule has 3 rings (SSSR count). The number of ether oxygens (including phenoxy) is 5. The van der Waals surface area contributed by atoms with E-state index in [2.05, 4.69) is 48.5 Å². The van der Waals surface area contributed by atoms with Crippen LogP contribution < -0.4 is 30.3 Å². The normalized spacial score (nSPS) is 14.6. The van der Waals surface area contributed by atoms with Gasteiger partial charge in [-0.1, -0.05) is 6.07 Å². The molecule has 3 N–H and O–H groups in total. The molecule has 218 valence electrons. The molecule has 1 aliphatic heterocycles. The zero-order valence-electron chi connectivity index (χ0n) is 22.7. The summed E-state index contributed by atoms with van der Waals surface area (Å²) in [7, 11) is 2.71. The van der Waals surface area contributed by atoms with Crippen LogP contribution in [0.4, 0.5) is 4.79 Å². The van der Waals surface area contributed by atoms with Crippen LogP contribution in [0.5, 0.6) is 17.2 Å². The number of nitrogens with zero attached hydrogens (tertiary/aromatic N) is 1. The summed E-state index contributed by atoms with van der Waals surface area (Å²) < 4.78 is 26.9. The Hall–Kier alpha value is -4.34. The van der Waals surface area contributed by atoms with Crippen LogP contribution in [-0.4, -0.2) is 64.1 Å². The topological polar surface area (TPSA) is 163 Å². The molecule has 0 bridgehead atoms. The van der Waals surface area contributed by atoms with E-state index in [9.17, 15) is 19.2 Å². The number of allylic oxidation sites excluding steroid dienone is 1. The molecule has 0 saturated heterocycles. The molecule has 2 aromatic carbocycles. The third-order valence-electron chi connectivity index (χ3n) is 5.58. The van der Waals surface area contributed by atoms with Crippen molar-refractivity contribution in [2.75, 3.05) is 34.0 Å². The number of hydrogen-bond donors (Lipinski definition) is 3. The summed E-state index contributed by atoms with van der Waals surface area (Å²) in [4.78, 5) is 48.2. The molecule has 0 aliphatic carbocycles. The first-order valence-corrected chi connectivity index (χ1v) is 13.3. The average Bonchev–Trinajstić information content (AvgIpc) is 2.95. The van der Waals surface area contributed by atoms with Gasteiger partial charge in [0.2, 0.25) is 0 Å². The SMILES string of the molecule is CCOC(=O)C1=C(C)NC(=O)N[C@@H]1c1ccc(OCC(=O)N/N=C\c2ccc(OCC(=O)OC)c(I)c2)c(OC)c1. The number of hydrogen-bond acceptors (Lipinski definition) is 10. The largest absolute Gasteiger partial charge is 0.493 e. The van der Waals surface area contributed by atoms with Crippen LogP contribution in [0.2, 0.25) is 0 Å². The van der Waals surface area contributed by atoms with Gasteiger partial charge in [-0.05, 0) is 77.9 Å². The van der Waals surface area contributed by atoms with E-state index in [0.29, 0.717) is 22.6 Å². The molecule has 1 atom stereocenters. The number of urea groups is 1. The Morgan fingerprint density at radius 3 is 2.46 bits per heavy atom. The minimum absolute atomic E-state index is 0.178. The Morgan fingerprint density at radius 1 is 1.05 bits per heavy atom. The summed E-state index contributed by atoms with van der Waals surface area (Å²) in [6, 6.07) is 8.74. The Bertz CT molecular complexity index is 1380. The number of rotatable bonds is 12. The number of hydrazone groups is 1. The fourth-order valence-corrected chi connectivity index (χ4v) is 4.37. The van der Waals surface area contributed by atoms with Crippen LogP contribution in [0, 0.1) is 3.57 Å². The van der Waals surface area contributed by atoms with E-state index >= 15 is 0 Å². The number of benzene rings is 2. The molecule has 2 aromatic rings. The molecule has 0 radical (unpaired) electrons. The fraction of sp³-hybridized carbons (Fsp3) is 0.296. The van der Waals surface area contributed by atoms with Crippen molar-refractivity contribution in [3.05, 3.63) is 62.4 Å². The van der Waals surface area contributed by atoms with Gasteiger partial charge in [-0.25, -0.2) is 19.8 Å². The molecule has 3 amide bonds. The number of esters is 2. The van der Waals surface area contributed by atoms with Crippen LogP contribution >= 0.6 is 22.6 Å². The van der Waals surface area contributed by atoms with Gasteiger partial charge in [0.1, 0.15) is 5.75 Å². The minimum atomic E-state index is -0.778. The van der Waals surface area contributed by atoms with Crippen molar-refractivity contribution < 1.29 is 42.9 Å². The number of carbonyl (C=O) groups is 4. The van der Waals surface area contributed by atoms with Crippen molar-refractivity contribution in [2.45, 2.75) is 19.9 Å². The number of halogens is 1. The van der Waals surface area contributed by atoms with E-state index in [1.54, 1.807) is 50.2 Å². The van der Waals surface area contributed by atoms with Gasteiger partial charge in [-0.15, -0.1) is 0 Å². The smallest absolute Gasteiger partial charge is 0.343 e. The van der Waals surface area contributed by atoms with Crippen molar-refractivity contribution in [1.29, 1.82) is 0 Å². The maximum Gasteiger partial charge on any atom is 0.343 e. The zero-order chi connectivity index (χ0) is 29.9. The van der Waals surface area contributed by atoms with E-state index in [1.165, 1.54) is 20.4 Å². The van der Waals surface area contributed by atoms with Gasteiger partial charge in [0.25, 0.3) is 5.91 Å². The van der Waals surface area contributed by atoms with Crippen LogP contribution in [0.3, 0.4) is 0 Å². The lowest BCUT2D eigenvalue weighted by Crippen LogP contribution is -2.45. The number of nitrogens with one attached hydrogen (secondary N) is 3. The molecule has 0 saturated carbocycles. The van der Waals surface area contributed by atoms with Crippen LogP contribution in [0.25, 0.3) is 0 Å². The Balaban J connectivity index is 1.61. The molecule has 1 heterocycles. The summed E-state index contributed by atoms with van der Waals surface area (Å²) in [6.07, 6.45) is 1.45. The van der Waals surface area contributed by atoms with Crippen molar-refractivity contribution in [2.24, 2.45) is 5.10 Å². The first-order chi connectivity index (χ1) is 19.7. The van der Waals surface area contributed by atoms with Crippen LogP contribution in [0.15, 0.2) is 52.8 Å². The molecule has 41 heavy (non-hydrogen) atoms. The van der Waals surface area contributed by atoms with Crippen molar-refractivity contribution >= 4 is 52.7 Å². The molecule has 0 fully saturated rings. The second kappa shape index (κ2) is 14.9. The lowest BCUT2D eigenvalue weighted by atomic mass is 9.95. The molecule has 13 nitrogen and oxygen atoms in total. The molecule has 0 aromatic heterocycles. The average molecular weight is 680 g/mol. The predicted molar refractivity (Wildman–Crippen MR) is 155 cm³/mol. The highest BCUT2D eigenvalue weighted by Crippen LogP contribution is 2.34. The predicted octanol–water partition coefficient (Wildman–Crippen LogP) is 2.57. The van der Waals surface area contributed by atoms with E-state index < -0.39 is 29.9 Å². The van der Waals surface area contributed by atoms with Gasteiger partial charge in [-0.2, -0.15) is 5.10 Å². The number of carbonyl (C=O) groups excluding carboxylic acids is 4. The minimum Gasteiger partial charge on any atom is -0.493 e. The first-order valence-electron chi connectivity index (χ1n) is 12.2. The quantitative estimate of drug-likeness (QED) is 0.132. The van der Waals surface area contributed by atoms with Gasteiger partial charge in [0.15, 0.2) is 24.7 Å². The second-order valence-electron chi connectivity index (χ2n) is 8.34. The third-order valence-corrected chi connectivity index (χ3v) is 6.42. The van der Waals surface area contributed by atoms with Gasteiger partial charge >= 0.3 is 18.0 Å². The Kier molecular flexibility index (Phi) is 11.3. The van der Waals surface area contributed by atoms with E-state index in [0.717, 1.165) is 3.57 Å². The Morgan fingerprint density at radius 2 is 1.78 bits per heavy atom. The highest BCUT2D eigenvalue weighted by Gasteiger charge is 2.32. The summed E-state index contributed by atoms with van der Waals surface area (Å²) in [5.74, 6) is -0.500. The number of amides is 3. The maximum absolute atomic E-state index is 12.6. The lowest BCUT2D eigenvalue weighted by Gasteiger charge is -2.28. The lowest BCUT2D eigenvalue weighted by molar-refractivity contribution is -0.143. The molecule has 1 aliphatic rings. The highest BCUT2D eigenvalue weighted by atomic mass is 127. The van der Waals surface area contributed by atoms with Crippen molar-refractivity contribution in [3.8, 4) is 17.2 Å². The number of methoxy groups -OCH3 is 2. The summed E-state index contributed by atoms with van der Waals surface area (Å²) >= 11 is 2.06. The second-order valence-corrected chi connectivity index (χ2v) is 9.50. The fourth-order valence-electron chi connectivity index (χ4n) is 3.67. The van der Waals surface area contributed by atoms with E-state index in [-0.39, 0.29) is 36.9 Å². The van der Waals surface area contributed by atoms with E-state index in [1.807, 2.05) is 0 Å². The molecule has 0 unspecified atom stereocenters. The Labute approximate surface area is 249 Å². The first kappa shape index (κ1) is 31.2. The monoisotopic (exact) mass is 680 g/mol. The van der Waals surface area contributed by atoms with Crippen LogP contribution in [0.1, 0.15) is 31.0 Å². The molecular formula is C27H29IN4O9. The maximum atomic E-state index is 12.6. The van der Waals surface area contributed by atoms with Crippen LogP contribution in [-0.2, 0) is 23.9 Å². The highest BCUT2D eigenvalue weighted by molar-refractivity contribution is 14.1. The summed E-state index contributed by atoms with van der Waals surface area (Å²) in [5.41, 5.74) is 4.27. The zero-order valence-corrected chi connectivity index (χ0v) is 24.9. The third kappa shape index (κ3) is 8.57. The molecule has 14 heteroatoms. The van der Waals surface area contributed by atoms with Crippen molar-refractivity contribution in [1.82, 2.24) is 16.1 Å². The summed E-state index contributed by atoms with van der Waals surface area (Å²) in [5, 5.41) is 9.23. The van der Waals surface area contributed by atoms with Crippen molar-refractivity contribution in [3.63, 3.8) is 0 Å². The summed E-state index contributed by atoms with van der Waals surface area (Å²) in [6.45, 7) is 2.92. The molecular weight excluding hydrogens is 651 g/mol.